The molecule has 0 aliphatic carbocycles. The Morgan fingerprint density at radius 3 is 2.37 bits per heavy atom. The number of rotatable bonds is 3. The van der Waals surface area contributed by atoms with Crippen molar-refractivity contribution in [3.63, 3.8) is 0 Å². The Kier molecular flexibility index (Phi) is 5.21. The maximum Gasteiger partial charge on any atom is 0.332 e. The molecule has 0 N–H and O–H groups in total. The molecule has 1 aliphatic rings. The van der Waals surface area contributed by atoms with Crippen molar-refractivity contribution in [1.82, 2.24) is 28.9 Å². The number of carbonyl (C=O) groups is 1. The number of piperazine rings is 1. The molecule has 9 heteroatoms. The van der Waals surface area contributed by atoms with Gasteiger partial charge in [0.1, 0.15) is 11.9 Å². The van der Waals surface area contributed by atoms with Crippen molar-refractivity contribution in [3.8, 4) is 11.4 Å². The summed E-state index contributed by atoms with van der Waals surface area (Å²) in [6.07, 6.45) is 1.43. The van der Waals surface area contributed by atoms with Crippen LogP contribution >= 0.6 is 0 Å². The number of aryl methyl sites for hydroxylation is 2. The molecule has 0 radical (unpaired) electrons. The predicted octanol–water partition coefficient (Wildman–Crippen LogP) is 0.240. The molecule has 156 valence electrons. The molecule has 1 aliphatic heterocycles. The third kappa shape index (κ3) is 3.63. The average molecular weight is 408 g/mol. The van der Waals surface area contributed by atoms with Crippen LogP contribution in [0.3, 0.4) is 0 Å². The van der Waals surface area contributed by atoms with Crippen molar-refractivity contribution >= 4 is 16.9 Å². The van der Waals surface area contributed by atoms with Gasteiger partial charge >= 0.3 is 5.69 Å². The summed E-state index contributed by atoms with van der Waals surface area (Å²) in [7, 11) is 3.54. The van der Waals surface area contributed by atoms with Gasteiger partial charge in [0.15, 0.2) is 11.5 Å². The fourth-order valence-electron chi connectivity index (χ4n) is 3.56. The van der Waals surface area contributed by atoms with Gasteiger partial charge in [-0.2, -0.15) is 0 Å². The normalized spacial score (nSPS) is 15.0. The van der Waals surface area contributed by atoms with E-state index in [1.807, 2.05) is 38.2 Å². The Labute approximate surface area is 173 Å². The van der Waals surface area contributed by atoms with E-state index < -0.39 is 11.2 Å². The SMILES string of the molecule is Cc1ccc(-c2ncc3c(=O)n(CC(=O)N4CCN(C)CC4)c(=O)n(C)c3n2)cc1. The first-order valence-corrected chi connectivity index (χ1v) is 9.85. The first-order chi connectivity index (χ1) is 14.3. The smallest absolute Gasteiger partial charge is 0.332 e. The maximum absolute atomic E-state index is 13.0. The van der Waals surface area contributed by atoms with E-state index in [1.54, 1.807) is 11.9 Å². The Morgan fingerprint density at radius 1 is 1.03 bits per heavy atom. The average Bonchev–Trinajstić information content (AvgIpc) is 2.75. The molecule has 0 bridgehead atoms. The Morgan fingerprint density at radius 2 is 1.70 bits per heavy atom. The fraction of sp³-hybridized carbons (Fsp3) is 0.381. The molecule has 1 saturated heterocycles. The molecule has 3 aromatic rings. The molecule has 1 amide bonds. The second-order valence-corrected chi connectivity index (χ2v) is 7.71. The highest BCUT2D eigenvalue weighted by Crippen LogP contribution is 2.17. The van der Waals surface area contributed by atoms with Crippen LogP contribution in [0.4, 0.5) is 0 Å². The number of amides is 1. The number of nitrogens with zero attached hydrogens (tertiary/aromatic N) is 6. The van der Waals surface area contributed by atoms with E-state index in [9.17, 15) is 14.4 Å². The van der Waals surface area contributed by atoms with Gasteiger partial charge < -0.3 is 9.80 Å². The molecule has 9 nitrogen and oxygen atoms in total. The van der Waals surface area contributed by atoms with Crippen LogP contribution in [-0.4, -0.2) is 68.0 Å². The highest BCUT2D eigenvalue weighted by atomic mass is 16.2. The molecular weight excluding hydrogens is 384 g/mol. The third-order valence-electron chi connectivity index (χ3n) is 5.54. The van der Waals surface area contributed by atoms with Gasteiger partial charge in [0.2, 0.25) is 5.91 Å². The lowest BCUT2D eigenvalue weighted by molar-refractivity contribution is -0.133. The Hall–Kier alpha value is -3.33. The minimum atomic E-state index is -0.566. The second-order valence-electron chi connectivity index (χ2n) is 7.71. The lowest BCUT2D eigenvalue weighted by atomic mass is 10.1. The molecule has 0 unspecified atom stereocenters. The van der Waals surface area contributed by atoms with E-state index in [-0.39, 0.29) is 23.5 Å². The maximum atomic E-state index is 13.0. The predicted molar refractivity (Wildman–Crippen MR) is 113 cm³/mol. The van der Waals surface area contributed by atoms with Gasteiger partial charge in [-0.05, 0) is 14.0 Å². The molecule has 1 aromatic carbocycles. The van der Waals surface area contributed by atoms with Gasteiger partial charge in [0.05, 0.1) is 0 Å². The summed E-state index contributed by atoms with van der Waals surface area (Å²) in [6.45, 7) is 4.41. The van der Waals surface area contributed by atoms with Crippen LogP contribution in [-0.2, 0) is 18.4 Å². The van der Waals surface area contributed by atoms with E-state index in [0.717, 1.165) is 28.8 Å². The van der Waals surface area contributed by atoms with Crippen molar-refractivity contribution in [3.05, 3.63) is 56.9 Å². The van der Waals surface area contributed by atoms with Gasteiger partial charge in [-0.25, -0.2) is 14.8 Å². The van der Waals surface area contributed by atoms with E-state index in [4.69, 9.17) is 0 Å². The zero-order valence-electron chi connectivity index (χ0n) is 17.3. The van der Waals surface area contributed by atoms with Gasteiger partial charge in [-0.15, -0.1) is 0 Å². The molecule has 30 heavy (non-hydrogen) atoms. The van der Waals surface area contributed by atoms with E-state index >= 15 is 0 Å². The number of carbonyl (C=O) groups excluding carboxylic acids is 1. The molecule has 0 atom stereocenters. The van der Waals surface area contributed by atoms with E-state index in [1.165, 1.54) is 10.8 Å². The summed E-state index contributed by atoms with van der Waals surface area (Å²) in [5.41, 5.74) is 1.04. The Bertz CT molecular complexity index is 1220. The number of likely N-dealkylation sites (N-methyl/N-ethyl adjacent to an activating group) is 1. The van der Waals surface area contributed by atoms with Crippen molar-refractivity contribution in [2.24, 2.45) is 7.05 Å². The third-order valence-corrected chi connectivity index (χ3v) is 5.54. The summed E-state index contributed by atoms with van der Waals surface area (Å²) in [6, 6.07) is 7.68. The minimum absolute atomic E-state index is 0.208. The number of hydrogen-bond donors (Lipinski definition) is 0. The van der Waals surface area contributed by atoms with Crippen LogP contribution in [0.5, 0.6) is 0 Å². The summed E-state index contributed by atoms with van der Waals surface area (Å²) < 4.78 is 2.27. The number of fused-ring (bicyclic) bond motifs is 1. The second kappa shape index (κ2) is 7.83. The fourth-order valence-corrected chi connectivity index (χ4v) is 3.56. The van der Waals surface area contributed by atoms with Crippen molar-refractivity contribution in [2.75, 3.05) is 33.2 Å². The van der Waals surface area contributed by atoms with Gasteiger partial charge in [-0.3, -0.25) is 18.7 Å². The molecule has 3 heterocycles. The first kappa shape index (κ1) is 20.0. The summed E-state index contributed by atoms with van der Waals surface area (Å²) >= 11 is 0. The van der Waals surface area contributed by atoms with Gasteiger partial charge in [0.25, 0.3) is 5.56 Å². The summed E-state index contributed by atoms with van der Waals surface area (Å²) in [5.74, 6) is 0.196. The van der Waals surface area contributed by atoms with Crippen LogP contribution in [0, 0.1) is 6.92 Å². The molecule has 1 fully saturated rings. The topological polar surface area (TPSA) is 93.3 Å². The highest BCUT2D eigenvalue weighted by molar-refractivity contribution is 5.78. The molecule has 0 spiro atoms. The van der Waals surface area contributed by atoms with Crippen molar-refractivity contribution < 1.29 is 4.79 Å². The molecule has 4 rings (SSSR count). The number of aromatic nitrogens is 4. The van der Waals surface area contributed by atoms with Crippen LogP contribution in [0.1, 0.15) is 5.56 Å². The van der Waals surface area contributed by atoms with Gasteiger partial charge in [-0.1, -0.05) is 29.8 Å². The standard InChI is InChI=1S/C21H24N6O3/c1-14-4-6-15(7-5-14)18-22-12-16-19(23-18)25(3)21(30)27(20(16)29)13-17(28)26-10-8-24(2)9-11-26/h4-7,12H,8-11,13H2,1-3H3. The lowest BCUT2D eigenvalue weighted by Crippen LogP contribution is -2.50. The van der Waals surface area contributed by atoms with Crippen LogP contribution in [0.25, 0.3) is 22.4 Å². The largest absolute Gasteiger partial charge is 0.339 e. The zero-order valence-corrected chi connectivity index (χ0v) is 17.3. The van der Waals surface area contributed by atoms with Crippen LogP contribution in [0.15, 0.2) is 40.1 Å². The minimum Gasteiger partial charge on any atom is -0.339 e. The summed E-state index contributed by atoms with van der Waals surface area (Å²) in [4.78, 5) is 51.1. The molecule has 0 saturated carbocycles. The van der Waals surface area contributed by atoms with E-state index in [0.29, 0.717) is 18.9 Å². The van der Waals surface area contributed by atoms with Crippen molar-refractivity contribution in [1.29, 1.82) is 0 Å². The molecule has 2 aromatic heterocycles. The number of benzene rings is 1. The van der Waals surface area contributed by atoms with E-state index in [2.05, 4.69) is 14.9 Å². The van der Waals surface area contributed by atoms with Crippen LogP contribution in [0.2, 0.25) is 0 Å². The van der Waals surface area contributed by atoms with Gasteiger partial charge in [0, 0.05) is 45.0 Å². The lowest BCUT2D eigenvalue weighted by Gasteiger charge is -2.32. The highest BCUT2D eigenvalue weighted by Gasteiger charge is 2.22. The van der Waals surface area contributed by atoms with Crippen LogP contribution < -0.4 is 11.2 Å². The zero-order chi connectivity index (χ0) is 21.4. The monoisotopic (exact) mass is 408 g/mol. The summed E-state index contributed by atoms with van der Waals surface area (Å²) in [5, 5.41) is 0.208. The first-order valence-electron chi connectivity index (χ1n) is 9.85. The Balaban J connectivity index is 1.71. The number of hydrogen-bond acceptors (Lipinski definition) is 6. The molecular formula is C21H24N6O3. The van der Waals surface area contributed by atoms with Crippen molar-refractivity contribution in [2.45, 2.75) is 13.5 Å². The quantitative estimate of drug-likeness (QED) is 0.616.